The Hall–Kier alpha value is -2.69. The minimum absolute atomic E-state index is 0.204. The predicted molar refractivity (Wildman–Crippen MR) is 78.7 cm³/mol. The van der Waals surface area contributed by atoms with E-state index in [-0.39, 0.29) is 17.9 Å². The first-order chi connectivity index (χ1) is 10.3. The zero-order valence-corrected chi connectivity index (χ0v) is 11.2. The molecule has 1 N–H and O–H groups in total. The van der Waals surface area contributed by atoms with Gasteiger partial charge in [-0.3, -0.25) is 14.9 Å². The first-order valence-corrected chi connectivity index (χ1v) is 6.93. The van der Waals surface area contributed by atoms with Gasteiger partial charge in [0.2, 0.25) is 11.8 Å². The van der Waals surface area contributed by atoms with Crippen molar-refractivity contribution in [1.82, 2.24) is 14.9 Å². The number of piperidine rings is 1. The van der Waals surface area contributed by atoms with E-state index in [9.17, 15) is 9.59 Å². The van der Waals surface area contributed by atoms with Gasteiger partial charge in [-0.2, -0.15) is 0 Å². The Morgan fingerprint density at radius 3 is 2.76 bits per heavy atom. The molecule has 1 aliphatic heterocycles. The van der Waals surface area contributed by atoms with E-state index in [1.807, 2.05) is 41.0 Å². The Balaban J connectivity index is 2.02. The molecular formula is C16H13N3O2. The topological polar surface area (TPSA) is 64.0 Å². The van der Waals surface area contributed by atoms with Crippen molar-refractivity contribution >= 4 is 33.8 Å². The standard InChI is InChI=1S/C16H13N3O2/c20-14-8-7-13(16(21)18-14)19-12-6-2-1-4-10(12)11-5-3-9-17-15(11)19/h1-6,9,13H,7-8H2,(H,18,20,21)/t13-/m0/s1. The Morgan fingerprint density at radius 2 is 1.90 bits per heavy atom. The second-order valence-electron chi connectivity index (χ2n) is 5.23. The van der Waals surface area contributed by atoms with Gasteiger partial charge in [-0.05, 0) is 24.6 Å². The van der Waals surface area contributed by atoms with Crippen LogP contribution in [0.3, 0.4) is 0 Å². The molecule has 0 spiro atoms. The highest BCUT2D eigenvalue weighted by atomic mass is 16.2. The van der Waals surface area contributed by atoms with Crippen LogP contribution < -0.4 is 5.32 Å². The lowest BCUT2D eigenvalue weighted by Crippen LogP contribution is -2.41. The summed E-state index contributed by atoms with van der Waals surface area (Å²) in [4.78, 5) is 28.0. The number of nitrogens with one attached hydrogen (secondary N) is 1. The number of amides is 2. The van der Waals surface area contributed by atoms with Crippen molar-refractivity contribution in [3.05, 3.63) is 42.6 Å². The minimum Gasteiger partial charge on any atom is -0.313 e. The molecule has 104 valence electrons. The highest BCUT2D eigenvalue weighted by molar-refractivity contribution is 6.08. The number of carbonyl (C=O) groups excluding carboxylic acids is 2. The minimum atomic E-state index is -0.389. The average Bonchev–Trinajstić information content (AvgIpc) is 2.82. The molecule has 0 saturated carbocycles. The number of para-hydroxylation sites is 1. The first-order valence-electron chi connectivity index (χ1n) is 6.93. The van der Waals surface area contributed by atoms with Crippen LogP contribution in [0, 0.1) is 0 Å². The molecule has 3 aromatic rings. The van der Waals surface area contributed by atoms with Gasteiger partial charge in [0.05, 0.1) is 5.52 Å². The summed E-state index contributed by atoms with van der Waals surface area (Å²) in [6.45, 7) is 0. The maximum absolute atomic E-state index is 12.2. The van der Waals surface area contributed by atoms with Crippen molar-refractivity contribution in [2.45, 2.75) is 18.9 Å². The SMILES string of the molecule is O=C1CC[C@H](n2c3ccccc3c3cccnc32)C(=O)N1. The van der Waals surface area contributed by atoms with Gasteiger partial charge in [-0.1, -0.05) is 18.2 Å². The molecule has 0 bridgehead atoms. The second kappa shape index (κ2) is 4.41. The maximum atomic E-state index is 12.2. The number of hydrogen-bond donors (Lipinski definition) is 1. The molecule has 4 rings (SSSR count). The van der Waals surface area contributed by atoms with Crippen LogP contribution in [0.5, 0.6) is 0 Å². The van der Waals surface area contributed by atoms with Gasteiger partial charge in [0.15, 0.2) is 0 Å². The number of nitrogens with zero attached hydrogens (tertiary/aromatic N) is 2. The second-order valence-corrected chi connectivity index (χ2v) is 5.23. The predicted octanol–water partition coefficient (Wildman–Crippen LogP) is 2.17. The fourth-order valence-corrected chi connectivity index (χ4v) is 3.07. The number of pyridine rings is 1. The quantitative estimate of drug-likeness (QED) is 0.694. The van der Waals surface area contributed by atoms with Gasteiger partial charge in [-0.25, -0.2) is 4.98 Å². The van der Waals surface area contributed by atoms with Gasteiger partial charge in [-0.15, -0.1) is 0 Å². The summed E-state index contributed by atoms with van der Waals surface area (Å²) in [5.74, 6) is -0.454. The molecule has 1 aromatic carbocycles. The summed E-state index contributed by atoms with van der Waals surface area (Å²) in [7, 11) is 0. The molecule has 1 saturated heterocycles. The normalized spacial score (nSPS) is 19.1. The average molecular weight is 279 g/mol. The molecule has 2 aromatic heterocycles. The van der Waals surface area contributed by atoms with E-state index in [0.717, 1.165) is 21.9 Å². The van der Waals surface area contributed by atoms with Gasteiger partial charge in [0.1, 0.15) is 11.7 Å². The van der Waals surface area contributed by atoms with E-state index in [1.54, 1.807) is 6.20 Å². The number of imide groups is 1. The van der Waals surface area contributed by atoms with Crippen LogP contribution in [0.2, 0.25) is 0 Å². The third kappa shape index (κ3) is 1.74. The number of fused-ring (bicyclic) bond motifs is 3. The number of carbonyl (C=O) groups is 2. The molecule has 1 aliphatic rings. The third-order valence-corrected chi connectivity index (χ3v) is 3.99. The van der Waals surface area contributed by atoms with Crippen molar-refractivity contribution < 1.29 is 9.59 Å². The number of aromatic nitrogens is 2. The Kier molecular flexibility index (Phi) is 2.54. The van der Waals surface area contributed by atoms with Gasteiger partial charge in [0, 0.05) is 23.4 Å². The van der Waals surface area contributed by atoms with E-state index >= 15 is 0 Å². The summed E-state index contributed by atoms with van der Waals surface area (Å²) in [5.41, 5.74) is 1.76. The summed E-state index contributed by atoms with van der Waals surface area (Å²) in [5, 5.41) is 4.52. The number of rotatable bonds is 1. The fraction of sp³-hybridized carbons (Fsp3) is 0.188. The lowest BCUT2D eigenvalue weighted by Gasteiger charge is -2.23. The van der Waals surface area contributed by atoms with Crippen molar-refractivity contribution in [2.24, 2.45) is 0 Å². The van der Waals surface area contributed by atoms with Crippen molar-refractivity contribution in [2.75, 3.05) is 0 Å². The molecule has 2 amide bonds. The number of benzene rings is 1. The molecule has 5 nitrogen and oxygen atoms in total. The van der Waals surface area contributed by atoms with Gasteiger partial charge >= 0.3 is 0 Å². The van der Waals surface area contributed by atoms with Crippen LogP contribution in [0.25, 0.3) is 21.9 Å². The molecule has 5 heteroatoms. The molecular weight excluding hydrogens is 266 g/mol. The summed E-state index contributed by atoms with van der Waals surface area (Å²) in [6.07, 6.45) is 2.59. The summed E-state index contributed by atoms with van der Waals surface area (Å²) in [6, 6.07) is 11.5. The maximum Gasteiger partial charge on any atom is 0.249 e. The molecule has 3 heterocycles. The molecule has 0 aliphatic carbocycles. The highest BCUT2D eigenvalue weighted by Crippen LogP contribution is 2.32. The van der Waals surface area contributed by atoms with Crippen LogP contribution in [0.15, 0.2) is 42.6 Å². The third-order valence-electron chi connectivity index (χ3n) is 3.99. The fourth-order valence-electron chi connectivity index (χ4n) is 3.07. The van der Waals surface area contributed by atoms with Crippen molar-refractivity contribution in [3.63, 3.8) is 0 Å². The lowest BCUT2D eigenvalue weighted by molar-refractivity contribution is -0.135. The van der Waals surface area contributed by atoms with E-state index in [2.05, 4.69) is 10.3 Å². The van der Waals surface area contributed by atoms with Crippen LogP contribution in [0.4, 0.5) is 0 Å². The first kappa shape index (κ1) is 12.1. The smallest absolute Gasteiger partial charge is 0.249 e. The summed E-state index contributed by atoms with van der Waals surface area (Å²) >= 11 is 0. The Labute approximate surface area is 120 Å². The largest absolute Gasteiger partial charge is 0.313 e. The summed E-state index contributed by atoms with van der Waals surface area (Å²) < 4.78 is 1.95. The van der Waals surface area contributed by atoms with E-state index < -0.39 is 0 Å². The zero-order valence-electron chi connectivity index (χ0n) is 11.2. The molecule has 1 fully saturated rings. The van der Waals surface area contributed by atoms with Gasteiger partial charge < -0.3 is 4.57 Å². The monoisotopic (exact) mass is 279 g/mol. The molecule has 21 heavy (non-hydrogen) atoms. The molecule has 0 unspecified atom stereocenters. The van der Waals surface area contributed by atoms with E-state index in [4.69, 9.17) is 0 Å². The van der Waals surface area contributed by atoms with Crippen molar-refractivity contribution in [3.8, 4) is 0 Å². The number of hydrogen-bond acceptors (Lipinski definition) is 3. The zero-order chi connectivity index (χ0) is 14.4. The van der Waals surface area contributed by atoms with Crippen LogP contribution in [0.1, 0.15) is 18.9 Å². The molecule has 0 radical (unpaired) electrons. The van der Waals surface area contributed by atoms with Crippen LogP contribution in [-0.4, -0.2) is 21.4 Å². The lowest BCUT2D eigenvalue weighted by atomic mass is 10.1. The Bertz CT molecular complexity index is 828. The van der Waals surface area contributed by atoms with E-state index in [0.29, 0.717) is 12.8 Å². The van der Waals surface area contributed by atoms with E-state index in [1.165, 1.54) is 0 Å². The molecule has 1 atom stereocenters. The highest BCUT2D eigenvalue weighted by Gasteiger charge is 2.30. The van der Waals surface area contributed by atoms with Crippen LogP contribution in [-0.2, 0) is 9.59 Å². The van der Waals surface area contributed by atoms with Crippen molar-refractivity contribution in [1.29, 1.82) is 0 Å². The van der Waals surface area contributed by atoms with Gasteiger partial charge in [0.25, 0.3) is 0 Å². The van der Waals surface area contributed by atoms with Crippen LogP contribution >= 0.6 is 0 Å². The Morgan fingerprint density at radius 1 is 1.10 bits per heavy atom.